The Kier molecular flexibility index (Phi) is 3.51. The summed E-state index contributed by atoms with van der Waals surface area (Å²) in [5.74, 6) is 0. The van der Waals surface area contributed by atoms with Gasteiger partial charge in [0.05, 0.1) is 11.9 Å². The second-order valence-corrected chi connectivity index (χ2v) is 5.78. The Morgan fingerprint density at radius 2 is 1.95 bits per heavy atom. The van der Waals surface area contributed by atoms with E-state index in [1.54, 1.807) is 23.9 Å². The van der Waals surface area contributed by atoms with Crippen LogP contribution in [-0.4, -0.2) is 14.3 Å². The van der Waals surface area contributed by atoms with Gasteiger partial charge in [-0.15, -0.1) is 0 Å². The Bertz CT molecular complexity index is 896. The molecule has 3 aromatic rings. The lowest BCUT2D eigenvalue weighted by Crippen LogP contribution is -2.19. The lowest BCUT2D eigenvalue weighted by molar-refractivity contribution is 0.550. The maximum absolute atomic E-state index is 12.2. The fourth-order valence-electron chi connectivity index (χ4n) is 2.38. The standard InChI is InChI=1S/C15H13Cl2N3O/c1-9-3-5-12(16)10(7-9)8-20-14-11(15(21)19(20)2)4-6-13(17)18-14/h3-7H,8H2,1-2H3. The zero-order valence-corrected chi connectivity index (χ0v) is 13.1. The van der Waals surface area contributed by atoms with E-state index in [4.69, 9.17) is 23.2 Å². The molecular weight excluding hydrogens is 309 g/mol. The van der Waals surface area contributed by atoms with Gasteiger partial charge < -0.3 is 0 Å². The molecule has 0 aliphatic heterocycles. The van der Waals surface area contributed by atoms with Crippen molar-refractivity contribution in [1.29, 1.82) is 0 Å². The lowest BCUT2D eigenvalue weighted by Gasteiger charge is -2.10. The van der Waals surface area contributed by atoms with Crippen molar-refractivity contribution < 1.29 is 0 Å². The molecule has 0 unspecified atom stereocenters. The topological polar surface area (TPSA) is 39.8 Å². The van der Waals surface area contributed by atoms with Gasteiger partial charge in [0.15, 0.2) is 5.65 Å². The molecule has 4 nitrogen and oxygen atoms in total. The molecule has 2 heterocycles. The van der Waals surface area contributed by atoms with E-state index < -0.39 is 0 Å². The highest BCUT2D eigenvalue weighted by atomic mass is 35.5. The molecule has 2 aromatic heterocycles. The molecular formula is C15H13Cl2N3O. The minimum absolute atomic E-state index is 0.0991. The largest absolute Gasteiger partial charge is 0.275 e. The fourth-order valence-corrected chi connectivity index (χ4v) is 2.70. The number of hydrogen-bond acceptors (Lipinski definition) is 2. The molecule has 0 N–H and O–H groups in total. The summed E-state index contributed by atoms with van der Waals surface area (Å²) in [6.45, 7) is 2.46. The van der Waals surface area contributed by atoms with Crippen molar-refractivity contribution in [1.82, 2.24) is 14.3 Å². The SMILES string of the molecule is Cc1ccc(Cl)c(Cn2c3nc(Cl)ccc3c(=O)n2C)c1. The van der Waals surface area contributed by atoms with Gasteiger partial charge >= 0.3 is 0 Å². The summed E-state index contributed by atoms with van der Waals surface area (Å²) in [6.07, 6.45) is 0. The Morgan fingerprint density at radius 1 is 1.19 bits per heavy atom. The van der Waals surface area contributed by atoms with Crippen LogP contribution in [0.15, 0.2) is 35.1 Å². The fraction of sp³-hybridized carbons (Fsp3) is 0.200. The lowest BCUT2D eigenvalue weighted by atomic mass is 10.1. The number of pyridine rings is 1. The third kappa shape index (κ3) is 2.45. The summed E-state index contributed by atoms with van der Waals surface area (Å²) in [5, 5.41) is 1.57. The van der Waals surface area contributed by atoms with Gasteiger partial charge in [0.1, 0.15) is 5.15 Å². The van der Waals surface area contributed by atoms with Gasteiger partial charge in [-0.3, -0.25) is 14.2 Å². The van der Waals surface area contributed by atoms with Crippen LogP contribution in [0.3, 0.4) is 0 Å². The van der Waals surface area contributed by atoms with Crippen molar-refractivity contribution in [3.8, 4) is 0 Å². The highest BCUT2D eigenvalue weighted by molar-refractivity contribution is 6.31. The maximum atomic E-state index is 12.2. The first-order valence-corrected chi connectivity index (χ1v) is 7.20. The number of aromatic nitrogens is 3. The molecule has 108 valence electrons. The van der Waals surface area contributed by atoms with E-state index in [1.165, 1.54) is 4.68 Å². The van der Waals surface area contributed by atoms with E-state index in [0.29, 0.717) is 27.8 Å². The zero-order valence-electron chi connectivity index (χ0n) is 11.6. The first-order chi connectivity index (χ1) is 9.97. The van der Waals surface area contributed by atoms with Crippen LogP contribution in [0.1, 0.15) is 11.1 Å². The normalized spacial score (nSPS) is 11.2. The molecule has 0 saturated carbocycles. The summed E-state index contributed by atoms with van der Waals surface area (Å²) in [4.78, 5) is 16.5. The molecule has 0 amide bonds. The van der Waals surface area contributed by atoms with Crippen LogP contribution in [0.5, 0.6) is 0 Å². The van der Waals surface area contributed by atoms with Gasteiger partial charge in [0.25, 0.3) is 5.56 Å². The van der Waals surface area contributed by atoms with E-state index in [2.05, 4.69) is 4.98 Å². The van der Waals surface area contributed by atoms with Gasteiger partial charge in [0, 0.05) is 12.1 Å². The quantitative estimate of drug-likeness (QED) is 0.679. The number of hydrogen-bond donors (Lipinski definition) is 0. The Labute approximate surface area is 131 Å². The first-order valence-electron chi connectivity index (χ1n) is 6.44. The molecule has 0 atom stereocenters. The predicted octanol–water partition coefficient (Wildman–Crippen LogP) is 3.40. The molecule has 1 aromatic carbocycles. The monoisotopic (exact) mass is 321 g/mol. The maximum Gasteiger partial charge on any atom is 0.275 e. The highest BCUT2D eigenvalue weighted by Gasteiger charge is 2.13. The minimum Gasteiger partial charge on any atom is -0.267 e. The van der Waals surface area contributed by atoms with E-state index >= 15 is 0 Å². The van der Waals surface area contributed by atoms with Crippen molar-refractivity contribution >= 4 is 34.2 Å². The average molecular weight is 322 g/mol. The van der Waals surface area contributed by atoms with Crippen molar-refractivity contribution in [2.24, 2.45) is 7.05 Å². The number of benzene rings is 1. The van der Waals surface area contributed by atoms with Crippen LogP contribution in [0, 0.1) is 6.92 Å². The molecule has 0 aliphatic rings. The number of aryl methyl sites for hydroxylation is 1. The van der Waals surface area contributed by atoms with Gasteiger partial charge in [0.2, 0.25) is 0 Å². The molecule has 0 fully saturated rings. The molecule has 0 bridgehead atoms. The van der Waals surface area contributed by atoms with Crippen molar-refractivity contribution in [3.05, 3.63) is 62.0 Å². The van der Waals surface area contributed by atoms with Gasteiger partial charge in [-0.2, -0.15) is 0 Å². The molecule has 0 aliphatic carbocycles. The highest BCUT2D eigenvalue weighted by Crippen LogP contribution is 2.20. The summed E-state index contributed by atoms with van der Waals surface area (Å²) >= 11 is 12.2. The first kappa shape index (κ1) is 14.2. The smallest absolute Gasteiger partial charge is 0.267 e. The summed E-state index contributed by atoms with van der Waals surface area (Å²) in [6, 6.07) is 9.13. The van der Waals surface area contributed by atoms with Gasteiger partial charge in [-0.25, -0.2) is 4.98 Å². The minimum atomic E-state index is -0.0991. The second kappa shape index (κ2) is 5.20. The Morgan fingerprint density at radius 3 is 2.71 bits per heavy atom. The molecule has 6 heteroatoms. The van der Waals surface area contributed by atoms with Crippen LogP contribution < -0.4 is 5.56 Å². The van der Waals surface area contributed by atoms with Crippen LogP contribution in [0.2, 0.25) is 10.2 Å². The number of rotatable bonds is 2. The third-order valence-corrected chi connectivity index (χ3v) is 4.07. The van der Waals surface area contributed by atoms with E-state index in [-0.39, 0.29) is 5.56 Å². The summed E-state index contributed by atoms with van der Waals surface area (Å²) in [5.41, 5.74) is 2.51. The average Bonchev–Trinajstić information content (AvgIpc) is 2.67. The molecule has 0 saturated heterocycles. The summed E-state index contributed by atoms with van der Waals surface area (Å²) in [7, 11) is 1.71. The Hall–Kier alpha value is -1.78. The van der Waals surface area contributed by atoms with Crippen molar-refractivity contribution in [3.63, 3.8) is 0 Å². The van der Waals surface area contributed by atoms with E-state index in [9.17, 15) is 4.79 Å². The van der Waals surface area contributed by atoms with Crippen LogP contribution in [-0.2, 0) is 13.6 Å². The van der Waals surface area contributed by atoms with Crippen LogP contribution >= 0.6 is 23.2 Å². The predicted molar refractivity (Wildman–Crippen MR) is 85.3 cm³/mol. The zero-order chi connectivity index (χ0) is 15.1. The van der Waals surface area contributed by atoms with Crippen LogP contribution in [0.25, 0.3) is 11.0 Å². The molecule has 21 heavy (non-hydrogen) atoms. The molecule has 0 spiro atoms. The van der Waals surface area contributed by atoms with E-state index in [1.807, 2.05) is 25.1 Å². The summed E-state index contributed by atoms with van der Waals surface area (Å²) < 4.78 is 3.32. The Balaban J connectivity index is 2.21. The van der Waals surface area contributed by atoms with Crippen molar-refractivity contribution in [2.75, 3.05) is 0 Å². The van der Waals surface area contributed by atoms with Crippen molar-refractivity contribution in [2.45, 2.75) is 13.5 Å². The van der Waals surface area contributed by atoms with E-state index in [0.717, 1.165) is 11.1 Å². The number of nitrogens with zero attached hydrogens (tertiary/aromatic N) is 3. The van der Waals surface area contributed by atoms with Crippen LogP contribution in [0.4, 0.5) is 0 Å². The molecule has 0 radical (unpaired) electrons. The second-order valence-electron chi connectivity index (χ2n) is 4.99. The number of fused-ring (bicyclic) bond motifs is 1. The van der Waals surface area contributed by atoms with Gasteiger partial charge in [-0.05, 0) is 30.7 Å². The third-order valence-electron chi connectivity index (χ3n) is 3.49. The molecule has 3 rings (SSSR count). The van der Waals surface area contributed by atoms with Gasteiger partial charge in [-0.1, -0.05) is 40.9 Å². The number of halogens is 2.